The number of pyridine rings is 1. The number of aryl methyl sites for hydroxylation is 1. The maximum atomic E-state index is 14.6. The largest absolute Gasteiger partial charge is 0.493 e. The van der Waals surface area contributed by atoms with Gasteiger partial charge in [-0.2, -0.15) is 0 Å². The lowest BCUT2D eigenvalue weighted by molar-refractivity contribution is 0.254. The number of fused-ring (bicyclic) bond motifs is 3. The third kappa shape index (κ3) is 6.37. The Kier molecular flexibility index (Phi) is 9.14. The van der Waals surface area contributed by atoms with Crippen molar-refractivity contribution in [1.29, 1.82) is 0 Å². The Morgan fingerprint density at radius 3 is 2.27 bits per heavy atom. The van der Waals surface area contributed by atoms with Crippen molar-refractivity contribution in [3.63, 3.8) is 0 Å². The van der Waals surface area contributed by atoms with E-state index in [2.05, 4.69) is 20.2 Å². The van der Waals surface area contributed by atoms with Crippen molar-refractivity contribution in [1.82, 2.24) is 29.9 Å². The normalized spacial score (nSPS) is 18.8. The van der Waals surface area contributed by atoms with Crippen LogP contribution in [0.3, 0.4) is 0 Å². The van der Waals surface area contributed by atoms with Crippen molar-refractivity contribution in [3.8, 4) is 23.0 Å². The van der Waals surface area contributed by atoms with Gasteiger partial charge in [-0.1, -0.05) is 0 Å². The molecular formula is C35H48N6O4. The van der Waals surface area contributed by atoms with Crippen molar-refractivity contribution in [2.45, 2.75) is 65.0 Å². The zero-order valence-corrected chi connectivity index (χ0v) is 26.9. The van der Waals surface area contributed by atoms with Crippen LogP contribution in [0.4, 0.5) is 0 Å². The lowest BCUT2D eigenvalue weighted by atomic mass is 9.97. The van der Waals surface area contributed by atoms with E-state index >= 15 is 0 Å². The SMILES string of the molecule is COc1cc2c(cc1OCCCN1CCCC1)nc(-c1ccc(C)o1)c1c(=O)n(CC3CCNCC3)n(CC3CCNCC3)c12. The van der Waals surface area contributed by atoms with Crippen LogP contribution in [0.2, 0.25) is 0 Å². The summed E-state index contributed by atoms with van der Waals surface area (Å²) in [7, 11) is 1.69. The summed E-state index contributed by atoms with van der Waals surface area (Å²) in [4.78, 5) is 22.2. The van der Waals surface area contributed by atoms with Gasteiger partial charge < -0.3 is 29.4 Å². The van der Waals surface area contributed by atoms with Crippen LogP contribution in [-0.4, -0.2) is 78.8 Å². The van der Waals surface area contributed by atoms with Gasteiger partial charge in [-0.3, -0.25) is 9.48 Å². The van der Waals surface area contributed by atoms with E-state index in [1.54, 1.807) is 7.11 Å². The number of ether oxygens (including phenoxy) is 2. The Morgan fingerprint density at radius 2 is 1.62 bits per heavy atom. The summed E-state index contributed by atoms with van der Waals surface area (Å²) in [5.41, 5.74) is 2.31. The highest BCUT2D eigenvalue weighted by Gasteiger charge is 2.28. The molecule has 7 rings (SSSR count). The van der Waals surface area contributed by atoms with Crippen molar-refractivity contribution in [2.24, 2.45) is 11.8 Å². The van der Waals surface area contributed by atoms with Crippen molar-refractivity contribution >= 4 is 21.8 Å². The van der Waals surface area contributed by atoms with Crippen LogP contribution in [0.5, 0.6) is 11.5 Å². The van der Waals surface area contributed by atoms with Crippen LogP contribution < -0.4 is 25.7 Å². The first kappa shape index (κ1) is 30.3. The minimum atomic E-state index is 0.0112. The average molecular weight is 617 g/mol. The van der Waals surface area contributed by atoms with Gasteiger partial charge >= 0.3 is 0 Å². The van der Waals surface area contributed by atoms with Gasteiger partial charge in [0, 0.05) is 31.1 Å². The number of likely N-dealkylation sites (tertiary alicyclic amines) is 1. The molecule has 3 aromatic heterocycles. The molecule has 0 aliphatic carbocycles. The molecule has 0 spiro atoms. The summed E-state index contributed by atoms with van der Waals surface area (Å²) in [5, 5.41) is 8.52. The minimum Gasteiger partial charge on any atom is -0.493 e. The van der Waals surface area contributed by atoms with E-state index in [1.807, 2.05) is 35.9 Å². The molecule has 3 aliphatic heterocycles. The van der Waals surface area contributed by atoms with Crippen LogP contribution in [0, 0.1) is 18.8 Å². The van der Waals surface area contributed by atoms with Crippen LogP contribution in [-0.2, 0) is 13.1 Å². The van der Waals surface area contributed by atoms with Crippen molar-refractivity contribution in [3.05, 3.63) is 40.4 Å². The van der Waals surface area contributed by atoms with Crippen molar-refractivity contribution < 1.29 is 13.9 Å². The number of hydrogen-bond acceptors (Lipinski definition) is 8. The van der Waals surface area contributed by atoms with Gasteiger partial charge in [-0.25, -0.2) is 9.67 Å². The molecule has 3 saturated heterocycles. The summed E-state index contributed by atoms with van der Waals surface area (Å²) in [6.07, 6.45) is 7.85. The molecule has 0 radical (unpaired) electrons. The van der Waals surface area contributed by atoms with E-state index in [0.717, 1.165) is 93.6 Å². The first-order valence-electron chi connectivity index (χ1n) is 17.1. The van der Waals surface area contributed by atoms with Gasteiger partial charge in [0.1, 0.15) is 11.5 Å². The van der Waals surface area contributed by atoms with Gasteiger partial charge in [0.15, 0.2) is 17.3 Å². The van der Waals surface area contributed by atoms with Gasteiger partial charge in [0.05, 0.1) is 30.1 Å². The molecule has 45 heavy (non-hydrogen) atoms. The number of rotatable bonds is 11. The predicted octanol–water partition coefficient (Wildman–Crippen LogP) is 4.79. The highest BCUT2D eigenvalue weighted by molar-refractivity contribution is 6.09. The molecule has 0 unspecified atom stereocenters. The number of benzene rings is 1. The van der Waals surface area contributed by atoms with Crippen LogP contribution >= 0.6 is 0 Å². The number of furan rings is 1. The first-order valence-corrected chi connectivity index (χ1v) is 17.1. The summed E-state index contributed by atoms with van der Waals surface area (Å²) in [6.45, 7) is 11.4. The number of hydrogen-bond donors (Lipinski definition) is 2. The van der Waals surface area contributed by atoms with Gasteiger partial charge in [0.25, 0.3) is 5.56 Å². The molecule has 3 fully saturated rings. The van der Waals surface area contributed by atoms with E-state index in [9.17, 15) is 4.79 Å². The van der Waals surface area contributed by atoms with Crippen LogP contribution in [0.25, 0.3) is 33.3 Å². The monoisotopic (exact) mass is 616 g/mol. The average Bonchev–Trinajstić information content (AvgIpc) is 3.81. The van der Waals surface area contributed by atoms with Gasteiger partial charge in [-0.15, -0.1) is 0 Å². The molecule has 0 amide bonds. The number of piperidine rings is 2. The molecule has 242 valence electrons. The van der Waals surface area contributed by atoms with Gasteiger partial charge in [0.2, 0.25) is 0 Å². The Morgan fingerprint density at radius 1 is 0.933 bits per heavy atom. The van der Waals surface area contributed by atoms with Crippen LogP contribution in [0.1, 0.15) is 50.7 Å². The standard InChI is InChI=1S/C35H48N6O4/c1-24-6-7-29(45-24)33-32-34(27-20-30(43-2)31(21-28(27)38-33)44-19-5-18-39-16-3-4-17-39)40(22-25-8-12-36-13-9-25)41(35(32)42)23-26-10-14-37-15-11-26/h6-7,20-21,25-26,36-37H,3-5,8-19,22-23H2,1-2H3. The fourth-order valence-electron chi connectivity index (χ4n) is 7.56. The quantitative estimate of drug-likeness (QED) is 0.232. The summed E-state index contributed by atoms with van der Waals surface area (Å²) in [5.74, 6) is 3.69. The van der Waals surface area contributed by atoms with E-state index in [4.69, 9.17) is 18.9 Å². The zero-order valence-electron chi connectivity index (χ0n) is 26.9. The van der Waals surface area contributed by atoms with Gasteiger partial charge in [-0.05, 0) is 121 Å². The second-order valence-corrected chi connectivity index (χ2v) is 13.2. The molecule has 0 bridgehead atoms. The highest BCUT2D eigenvalue weighted by atomic mass is 16.5. The molecule has 10 heteroatoms. The molecule has 0 atom stereocenters. The third-order valence-corrected chi connectivity index (χ3v) is 10.1. The topological polar surface area (TPSA) is 98.7 Å². The number of methoxy groups -OCH3 is 1. The minimum absolute atomic E-state index is 0.0112. The predicted molar refractivity (Wildman–Crippen MR) is 177 cm³/mol. The molecule has 0 saturated carbocycles. The third-order valence-electron chi connectivity index (χ3n) is 10.1. The van der Waals surface area contributed by atoms with E-state index < -0.39 is 0 Å². The highest BCUT2D eigenvalue weighted by Crippen LogP contribution is 2.39. The van der Waals surface area contributed by atoms with Crippen molar-refractivity contribution in [2.75, 3.05) is 59.5 Å². The summed E-state index contributed by atoms with van der Waals surface area (Å²) in [6, 6.07) is 7.90. The van der Waals surface area contributed by atoms with E-state index in [-0.39, 0.29) is 5.56 Å². The summed E-state index contributed by atoms with van der Waals surface area (Å²) < 4.78 is 22.7. The zero-order chi connectivity index (χ0) is 30.8. The Balaban J connectivity index is 1.36. The maximum Gasteiger partial charge on any atom is 0.276 e. The molecule has 4 aromatic rings. The Bertz CT molecular complexity index is 1670. The molecule has 3 aliphatic rings. The molecule has 1 aromatic carbocycles. The number of nitrogens with zero attached hydrogens (tertiary/aromatic N) is 4. The van der Waals surface area contributed by atoms with E-state index in [1.165, 1.54) is 25.9 Å². The second-order valence-electron chi connectivity index (χ2n) is 13.2. The lowest BCUT2D eigenvalue weighted by Gasteiger charge is -2.27. The fraction of sp³-hybridized carbons (Fsp3) is 0.600. The van der Waals surface area contributed by atoms with E-state index in [0.29, 0.717) is 53.3 Å². The molecule has 6 heterocycles. The second kappa shape index (κ2) is 13.6. The molecule has 10 nitrogen and oxygen atoms in total. The fourth-order valence-corrected chi connectivity index (χ4v) is 7.56. The maximum absolute atomic E-state index is 14.6. The lowest BCUT2D eigenvalue weighted by Crippen LogP contribution is -2.35. The number of nitrogens with one attached hydrogen (secondary N) is 2. The smallest absolute Gasteiger partial charge is 0.276 e. The Labute approximate surface area is 265 Å². The molecule has 2 N–H and O–H groups in total. The molecular weight excluding hydrogens is 568 g/mol. The first-order chi connectivity index (χ1) is 22.1. The van der Waals surface area contributed by atoms with Crippen LogP contribution in [0.15, 0.2) is 33.5 Å². The Hall–Kier alpha value is -3.34. The number of aromatic nitrogens is 3. The summed E-state index contributed by atoms with van der Waals surface area (Å²) >= 11 is 0.